The highest BCUT2D eigenvalue weighted by molar-refractivity contribution is 6.02. The van der Waals surface area contributed by atoms with Crippen molar-refractivity contribution >= 4 is 17.5 Å². The number of aromatic nitrogens is 1. The Morgan fingerprint density at radius 3 is 2.78 bits per heavy atom. The highest BCUT2D eigenvalue weighted by atomic mass is 19.1. The number of halogens is 1. The summed E-state index contributed by atoms with van der Waals surface area (Å²) in [5, 5.41) is 10.7. The average Bonchev–Trinajstić information content (AvgIpc) is 3.52. The molecule has 162 valence electrons. The molecule has 1 aromatic heterocycles. The van der Waals surface area contributed by atoms with Crippen molar-refractivity contribution in [2.75, 3.05) is 18.4 Å². The van der Waals surface area contributed by atoms with Crippen LogP contribution in [0.1, 0.15) is 33.7 Å². The van der Waals surface area contributed by atoms with Crippen LogP contribution in [0.3, 0.4) is 0 Å². The highest BCUT2D eigenvalue weighted by Crippen LogP contribution is 2.47. The van der Waals surface area contributed by atoms with Gasteiger partial charge in [-0.25, -0.2) is 4.39 Å². The van der Waals surface area contributed by atoms with Gasteiger partial charge in [0.15, 0.2) is 11.5 Å². The second kappa shape index (κ2) is 6.91. The standard InChI is InChI=1S/C24H21FN4O3/c25-16-7-5-14(6-8-16)21-11-20(28-32-21)23(31)29-12-15-9-10-24(18(15)13-29)26-19-4-2-1-3-17(19)22(30)27-24/h1-8,11,15,18,26H,9-10,12-13H2,(H,27,30)/t15-,18+,24+/m1/s1. The predicted molar refractivity (Wildman–Crippen MR) is 114 cm³/mol. The minimum atomic E-state index is -0.547. The fourth-order valence-electron chi connectivity index (χ4n) is 5.42. The summed E-state index contributed by atoms with van der Waals surface area (Å²) in [6, 6.07) is 14.9. The predicted octanol–water partition coefficient (Wildman–Crippen LogP) is 3.51. The van der Waals surface area contributed by atoms with Crippen LogP contribution in [0.15, 0.2) is 59.1 Å². The van der Waals surface area contributed by atoms with Gasteiger partial charge < -0.3 is 20.1 Å². The SMILES string of the molecule is O=C1N[C@]2(CC[C@@H]3CN(C(=O)c4cc(-c5ccc(F)cc5)on4)C[C@@H]32)Nc2ccccc21. The molecule has 0 unspecified atom stereocenters. The van der Waals surface area contributed by atoms with E-state index in [0.717, 1.165) is 18.5 Å². The van der Waals surface area contributed by atoms with Crippen molar-refractivity contribution in [3.8, 4) is 11.3 Å². The number of para-hydroxylation sites is 1. The van der Waals surface area contributed by atoms with E-state index in [2.05, 4.69) is 15.8 Å². The zero-order valence-electron chi connectivity index (χ0n) is 17.2. The van der Waals surface area contributed by atoms with Crippen molar-refractivity contribution < 1.29 is 18.5 Å². The monoisotopic (exact) mass is 432 g/mol. The molecule has 3 atom stereocenters. The van der Waals surface area contributed by atoms with Crippen LogP contribution in [-0.4, -0.2) is 40.6 Å². The molecule has 3 aliphatic rings. The quantitative estimate of drug-likeness (QED) is 0.647. The number of nitrogens with one attached hydrogen (secondary N) is 2. The largest absolute Gasteiger partial charge is 0.362 e. The molecule has 32 heavy (non-hydrogen) atoms. The summed E-state index contributed by atoms with van der Waals surface area (Å²) < 4.78 is 18.5. The van der Waals surface area contributed by atoms with E-state index < -0.39 is 5.66 Å². The number of carbonyl (C=O) groups is 2. The first-order valence-corrected chi connectivity index (χ1v) is 10.7. The summed E-state index contributed by atoms with van der Waals surface area (Å²) in [7, 11) is 0. The Bertz CT molecular complexity index is 1220. The topological polar surface area (TPSA) is 87.5 Å². The van der Waals surface area contributed by atoms with Crippen LogP contribution in [0.2, 0.25) is 0 Å². The van der Waals surface area contributed by atoms with Gasteiger partial charge in [-0.3, -0.25) is 9.59 Å². The van der Waals surface area contributed by atoms with Crippen LogP contribution in [0, 0.1) is 17.7 Å². The van der Waals surface area contributed by atoms with E-state index >= 15 is 0 Å². The Kier molecular flexibility index (Phi) is 4.11. The van der Waals surface area contributed by atoms with E-state index in [-0.39, 0.29) is 29.2 Å². The first-order valence-electron chi connectivity index (χ1n) is 10.7. The fraction of sp³-hybridized carbons (Fsp3) is 0.292. The van der Waals surface area contributed by atoms with E-state index in [9.17, 15) is 14.0 Å². The molecular weight excluding hydrogens is 411 g/mol. The van der Waals surface area contributed by atoms with E-state index in [4.69, 9.17) is 4.52 Å². The number of carbonyl (C=O) groups excluding carboxylic acids is 2. The van der Waals surface area contributed by atoms with Crippen molar-refractivity contribution in [2.24, 2.45) is 11.8 Å². The van der Waals surface area contributed by atoms with Gasteiger partial charge >= 0.3 is 0 Å². The summed E-state index contributed by atoms with van der Waals surface area (Å²) in [5.74, 6) is 0.197. The number of anilines is 1. The van der Waals surface area contributed by atoms with Gasteiger partial charge in [-0.2, -0.15) is 0 Å². The lowest BCUT2D eigenvalue weighted by Crippen LogP contribution is -2.61. The lowest BCUT2D eigenvalue weighted by molar-refractivity contribution is 0.0758. The molecule has 1 aliphatic carbocycles. The van der Waals surface area contributed by atoms with Crippen LogP contribution in [0.25, 0.3) is 11.3 Å². The molecule has 3 heterocycles. The molecule has 2 fully saturated rings. The summed E-state index contributed by atoms with van der Waals surface area (Å²) in [6.07, 6.45) is 1.74. The Labute approximate surface area is 183 Å². The number of rotatable bonds is 2. The van der Waals surface area contributed by atoms with Gasteiger partial charge in [0.2, 0.25) is 0 Å². The maximum absolute atomic E-state index is 13.2. The fourth-order valence-corrected chi connectivity index (χ4v) is 5.42. The summed E-state index contributed by atoms with van der Waals surface area (Å²) in [4.78, 5) is 27.7. The summed E-state index contributed by atoms with van der Waals surface area (Å²) in [5.41, 5.74) is 1.81. The van der Waals surface area contributed by atoms with E-state index in [1.54, 1.807) is 23.1 Å². The molecule has 1 spiro atoms. The molecule has 7 nitrogen and oxygen atoms in total. The Hall–Kier alpha value is -3.68. The second-order valence-corrected chi connectivity index (χ2v) is 8.79. The third-order valence-corrected chi connectivity index (χ3v) is 6.99. The van der Waals surface area contributed by atoms with Gasteiger partial charge in [-0.1, -0.05) is 17.3 Å². The second-order valence-electron chi connectivity index (χ2n) is 8.79. The molecule has 2 amide bonds. The van der Waals surface area contributed by atoms with Gasteiger partial charge in [0.05, 0.1) is 5.56 Å². The molecule has 1 saturated heterocycles. The third kappa shape index (κ3) is 2.90. The average molecular weight is 432 g/mol. The molecule has 8 heteroatoms. The Morgan fingerprint density at radius 1 is 1.12 bits per heavy atom. The van der Waals surface area contributed by atoms with E-state index in [1.165, 1.54) is 12.1 Å². The van der Waals surface area contributed by atoms with Gasteiger partial charge in [-0.15, -0.1) is 0 Å². The summed E-state index contributed by atoms with van der Waals surface area (Å²) in [6.45, 7) is 1.14. The minimum absolute atomic E-state index is 0.0785. The van der Waals surface area contributed by atoms with Crippen molar-refractivity contribution in [2.45, 2.75) is 18.5 Å². The smallest absolute Gasteiger partial charge is 0.276 e. The van der Waals surface area contributed by atoms with Gasteiger partial charge in [0.25, 0.3) is 11.8 Å². The van der Waals surface area contributed by atoms with E-state index in [1.807, 2.05) is 24.3 Å². The first kappa shape index (κ1) is 19.0. The Balaban J connectivity index is 1.22. The Morgan fingerprint density at radius 2 is 1.94 bits per heavy atom. The molecule has 1 saturated carbocycles. The van der Waals surface area contributed by atoms with Crippen molar-refractivity contribution in [1.29, 1.82) is 0 Å². The molecule has 0 bridgehead atoms. The minimum Gasteiger partial charge on any atom is -0.362 e. The number of fused-ring (bicyclic) bond motifs is 3. The first-order chi connectivity index (χ1) is 15.5. The number of hydrogen-bond acceptors (Lipinski definition) is 5. The van der Waals surface area contributed by atoms with Crippen molar-refractivity contribution in [3.63, 3.8) is 0 Å². The molecule has 0 radical (unpaired) electrons. The number of hydrogen-bond donors (Lipinski definition) is 2. The normalized spacial score (nSPS) is 25.9. The molecular formula is C24H21FN4O3. The van der Waals surface area contributed by atoms with E-state index in [0.29, 0.717) is 35.9 Å². The van der Waals surface area contributed by atoms with Crippen LogP contribution in [0.4, 0.5) is 10.1 Å². The molecule has 2 N–H and O–H groups in total. The van der Waals surface area contributed by atoms with Gasteiger partial charge in [-0.05, 0) is 55.2 Å². The maximum Gasteiger partial charge on any atom is 0.276 e. The molecule has 3 aromatic rings. The summed E-state index contributed by atoms with van der Waals surface area (Å²) >= 11 is 0. The lowest BCUT2D eigenvalue weighted by Gasteiger charge is -2.41. The lowest BCUT2D eigenvalue weighted by atomic mass is 9.89. The zero-order chi connectivity index (χ0) is 21.9. The number of nitrogens with zero attached hydrogens (tertiary/aromatic N) is 2. The van der Waals surface area contributed by atoms with Crippen LogP contribution < -0.4 is 10.6 Å². The number of amides is 2. The molecule has 6 rings (SSSR count). The zero-order valence-corrected chi connectivity index (χ0v) is 17.2. The molecule has 2 aromatic carbocycles. The van der Waals surface area contributed by atoms with Crippen molar-refractivity contribution in [3.05, 3.63) is 71.7 Å². The van der Waals surface area contributed by atoms with Gasteiger partial charge in [0, 0.05) is 36.3 Å². The highest BCUT2D eigenvalue weighted by Gasteiger charge is 2.55. The third-order valence-electron chi connectivity index (χ3n) is 6.99. The number of benzene rings is 2. The maximum atomic E-state index is 13.2. The van der Waals surface area contributed by atoms with Crippen molar-refractivity contribution in [1.82, 2.24) is 15.4 Å². The van der Waals surface area contributed by atoms with Gasteiger partial charge in [0.1, 0.15) is 11.5 Å². The van der Waals surface area contributed by atoms with Crippen LogP contribution in [-0.2, 0) is 0 Å². The number of likely N-dealkylation sites (tertiary alicyclic amines) is 1. The van der Waals surface area contributed by atoms with Crippen LogP contribution in [0.5, 0.6) is 0 Å². The van der Waals surface area contributed by atoms with Crippen LogP contribution >= 0.6 is 0 Å². The molecule has 2 aliphatic heterocycles.